The maximum Gasteiger partial charge on any atom is 0.303 e. The number of ether oxygens (including phenoxy) is 1. The minimum Gasteiger partial charge on any atom is -0.481 e. The van der Waals surface area contributed by atoms with Crippen molar-refractivity contribution in [3.63, 3.8) is 0 Å². The topological polar surface area (TPSA) is 63.6 Å². The largest absolute Gasteiger partial charge is 0.481 e. The van der Waals surface area contributed by atoms with Gasteiger partial charge in [-0.05, 0) is 57.8 Å². The molecule has 0 radical (unpaired) electrons. The van der Waals surface area contributed by atoms with Crippen molar-refractivity contribution in [2.45, 2.75) is 85.0 Å². The molecule has 0 rings (SSSR count). The first-order valence-electron chi connectivity index (χ1n) is 10.5. The summed E-state index contributed by atoms with van der Waals surface area (Å²) >= 11 is 0. The third-order valence-electron chi connectivity index (χ3n) is 3.51. The first kappa shape index (κ1) is 28.1. The molecule has 0 bridgehead atoms. The first-order valence-corrected chi connectivity index (χ1v) is 10.5. The predicted octanol–water partition coefficient (Wildman–Crippen LogP) is 6.79. The number of allylic oxidation sites excluding steroid dienone is 8. The van der Waals surface area contributed by atoms with Crippen molar-refractivity contribution < 1.29 is 19.4 Å². The molecule has 0 unspecified atom stereocenters. The number of hydrogen-bond acceptors (Lipinski definition) is 3. The van der Waals surface area contributed by atoms with Crippen LogP contribution in [0.25, 0.3) is 0 Å². The van der Waals surface area contributed by atoms with Crippen molar-refractivity contribution in [1.29, 1.82) is 0 Å². The Morgan fingerprint density at radius 1 is 0.750 bits per heavy atom. The second-order valence-electron chi connectivity index (χ2n) is 6.30. The molecule has 0 fully saturated rings. The quantitative estimate of drug-likeness (QED) is 0.189. The fraction of sp³-hybridized carbons (Fsp3) is 0.583. The number of carboxylic acid groups (broad SMARTS) is 1. The number of carboxylic acids is 1. The van der Waals surface area contributed by atoms with Gasteiger partial charge < -0.3 is 9.84 Å². The highest BCUT2D eigenvalue weighted by molar-refractivity contribution is 5.66. The molecular formula is C24H40O4. The maximum absolute atomic E-state index is 10.4. The number of esters is 1. The smallest absolute Gasteiger partial charge is 0.303 e. The van der Waals surface area contributed by atoms with Crippen LogP contribution in [0.15, 0.2) is 48.6 Å². The highest BCUT2D eigenvalue weighted by Crippen LogP contribution is 2.01. The number of aliphatic carboxylic acids is 1. The number of hydrogen-bond donors (Lipinski definition) is 1. The zero-order valence-corrected chi connectivity index (χ0v) is 18.1. The van der Waals surface area contributed by atoms with Gasteiger partial charge in [0.2, 0.25) is 0 Å². The number of rotatable bonds is 15. The zero-order valence-electron chi connectivity index (χ0n) is 18.1. The van der Waals surface area contributed by atoms with E-state index in [0.717, 1.165) is 57.8 Å². The molecule has 28 heavy (non-hydrogen) atoms. The highest BCUT2D eigenvalue weighted by atomic mass is 16.5. The summed E-state index contributed by atoms with van der Waals surface area (Å²) < 4.78 is 4.80. The molecule has 0 aliphatic carbocycles. The summed E-state index contributed by atoms with van der Waals surface area (Å²) in [5, 5.41) is 8.39. The summed E-state index contributed by atoms with van der Waals surface area (Å²) in [5.41, 5.74) is 0. The summed E-state index contributed by atoms with van der Waals surface area (Å²) in [6.45, 7) is 6.21. The average Bonchev–Trinajstić information content (AvgIpc) is 2.65. The van der Waals surface area contributed by atoms with Crippen molar-refractivity contribution >= 4 is 11.9 Å². The van der Waals surface area contributed by atoms with Gasteiger partial charge in [0.1, 0.15) is 0 Å². The van der Waals surface area contributed by atoms with E-state index < -0.39 is 5.97 Å². The Morgan fingerprint density at radius 3 is 1.71 bits per heavy atom. The SMILES string of the molecule is CC/C=C\C/C=C\CCCCC(=O)O.CCC=CCC=CCCCOC(C)=O. The molecule has 0 aromatic heterocycles. The average molecular weight is 393 g/mol. The van der Waals surface area contributed by atoms with Gasteiger partial charge in [-0.3, -0.25) is 9.59 Å². The molecule has 0 aromatic rings. The van der Waals surface area contributed by atoms with E-state index in [1.54, 1.807) is 0 Å². The van der Waals surface area contributed by atoms with E-state index >= 15 is 0 Å². The molecule has 4 nitrogen and oxygen atoms in total. The molecular weight excluding hydrogens is 352 g/mol. The molecule has 0 amide bonds. The summed E-state index contributed by atoms with van der Waals surface area (Å²) in [6.07, 6.45) is 26.2. The highest BCUT2D eigenvalue weighted by Gasteiger charge is 1.93. The Balaban J connectivity index is 0. The number of unbranched alkanes of at least 4 members (excludes halogenated alkanes) is 3. The summed E-state index contributed by atoms with van der Waals surface area (Å²) in [6, 6.07) is 0. The van der Waals surface area contributed by atoms with Crippen LogP contribution in [0.5, 0.6) is 0 Å². The van der Waals surface area contributed by atoms with Crippen LogP contribution in [0.3, 0.4) is 0 Å². The van der Waals surface area contributed by atoms with Crippen LogP contribution in [-0.4, -0.2) is 23.7 Å². The predicted molar refractivity (Wildman–Crippen MR) is 118 cm³/mol. The summed E-state index contributed by atoms with van der Waals surface area (Å²) in [4.78, 5) is 20.6. The molecule has 0 aliphatic rings. The van der Waals surface area contributed by atoms with Crippen molar-refractivity contribution in [2.75, 3.05) is 6.61 Å². The van der Waals surface area contributed by atoms with E-state index in [9.17, 15) is 9.59 Å². The van der Waals surface area contributed by atoms with Crippen LogP contribution in [0.1, 0.15) is 85.0 Å². The van der Waals surface area contributed by atoms with E-state index in [1.165, 1.54) is 6.92 Å². The lowest BCUT2D eigenvalue weighted by Crippen LogP contribution is -1.99. The van der Waals surface area contributed by atoms with Crippen LogP contribution in [0.2, 0.25) is 0 Å². The van der Waals surface area contributed by atoms with Gasteiger partial charge in [0, 0.05) is 13.3 Å². The molecule has 0 saturated carbocycles. The van der Waals surface area contributed by atoms with Gasteiger partial charge in [-0.15, -0.1) is 0 Å². The molecule has 0 aliphatic heterocycles. The van der Waals surface area contributed by atoms with Crippen LogP contribution < -0.4 is 0 Å². The Hall–Kier alpha value is -2.10. The van der Waals surface area contributed by atoms with Gasteiger partial charge in [-0.1, -0.05) is 62.5 Å². The van der Waals surface area contributed by atoms with Gasteiger partial charge in [-0.2, -0.15) is 0 Å². The fourth-order valence-electron chi connectivity index (χ4n) is 2.07. The van der Waals surface area contributed by atoms with E-state index in [0.29, 0.717) is 13.0 Å². The van der Waals surface area contributed by atoms with Crippen molar-refractivity contribution in [3.05, 3.63) is 48.6 Å². The van der Waals surface area contributed by atoms with E-state index in [1.807, 2.05) is 0 Å². The third kappa shape index (κ3) is 31.6. The Kier molecular flexibility index (Phi) is 25.0. The van der Waals surface area contributed by atoms with E-state index in [4.69, 9.17) is 9.84 Å². The minimum absolute atomic E-state index is 0.195. The summed E-state index contributed by atoms with van der Waals surface area (Å²) in [5.74, 6) is -0.889. The second kappa shape index (κ2) is 24.9. The van der Waals surface area contributed by atoms with Gasteiger partial charge >= 0.3 is 11.9 Å². The molecule has 0 aromatic carbocycles. The number of carbonyl (C=O) groups excluding carboxylic acids is 1. The third-order valence-corrected chi connectivity index (χ3v) is 3.51. The molecule has 0 saturated heterocycles. The zero-order chi connectivity index (χ0) is 21.3. The lowest BCUT2D eigenvalue weighted by molar-refractivity contribution is -0.141. The van der Waals surface area contributed by atoms with Crippen molar-refractivity contribution in [2.24, 2.45) is 0 Å². The van der Waals surface area contributed by atoms with Crippen LogP contribution in [0, 0.1) is 0 Å². The normalized spacial score (nSPS) is 11.4. The standard InChI is InChI=1S/2C12H20O2/c1-3-4-5-6-7-8-9-10-11-14-12(2)13;1-2-3-4-5-6-7-8-9-10-11-12(13)14/h4-5,7-8H,3,6,9-11H2,1-2H3;3-4,6-7H,2,5,8-11H2,1H3,(H,13,14)/b;4-3-,7-6-. The maximum atomic E-state index is 10.4. The molecule has 0 spiro atoms. The lowest BCUT2D eigenvalue weighted by atomic mass is 10.2. The molecule has 0 heterocycles. The molecule has 1 N–H and O–H groups in total. The molecule has 160 valence electrons. The Morgan fingerprint density at radius 2 is 1.25 bits per heavy atom. The van der Waals surface area contributed by atoms with Crippen LogP contribution in [0.4, 0.5) is 0 Å². The second-order valence-corrected chi connectivity index (χ2v) is 6.30. The summed E-state index contributed by atoms with van der Waals surface area (Å²) in [7, 11) is 0. The van der Waals surface area contributed by atoms with Crippen molar-refractivity contribution in [1.82, 2.24) is 0 Å². The number of carbonyl (C=O) groups is 2. The van der Waals surface area contributed by atoms with Crippen molar-refractivity contribution in [3.8, 4) is 0 Å². The van der Waals surface area contributed by atoms with Gasteiger partial charge in [0.05, 0.1) is 6.61 Å². The van der Waals surface area contributed by atoms with Gasteiger partial charge in [-0.25, -0.2) is 0 Å². The fourth-order valence-corrected chi connectivity index (χ4v) is 2.07. The monoisotopic (exact) mass is 392 g/mol. The van der Waals surface area contributed by atoms with Crippen LogP contribution in [-0.2, 0) is 14.3 Å². The van der Waals surface area contributed by atoms with Gasteiger partial charge in [0.15, 0.2) is 0 Å². The van der Waals surface area contributed by atoms with E-state index in [2.05, 4.69) is 62.5 Å². The molecule has 0 atom stereocenters. The molecule has 4 heteroatoms. The van der Waals surface area contributed by atoms with E-state index in [-0.39, 0.29) is 5.97 Å². The minimum atomic E-state index is -0.695. The Bertz CT molecular complexity index is 429. The first-order chi connectivity index (χ1) is 13.5. The Labute approximate surface area is 172 Å². The van der Waals surface area contributed by atoms with Crippen LogP contribution >= 0.6 is 0 Å². The van der Waals surface area contributed by atoms with Gasteiger partial charge in [0.25, 0.3) is 0 Å². The lowest BCUT2D eigenvalue weighted by Gasteiger charge is -1.97.